The van der Waals surface area contributed by atoms with Crippen molar-refractivity contribution in [1.29, 1.82) is 0 Å². The zero-order valence-corrected chi connectivity index (χ0v) is 23.5. The van der Waals surface area contributed by atoms with Crippen LogP contribution in [-0.2, 0) is 21.9 Å². The van der Waals surface area contributed by atoms with Crippen molar-refractivity contribution in [3.63, 3.8) is 0 Å². The Morgan fingerprint density at radius 1 is 1.05 bits per heavy atom. The maximum atomic E-state index is 15.2. The lowest BCUT2D eigenvalue weighted by atomic mass is 9.86. The Hall–Kier alpha value is -3.39. The van der Waals surface area contributed by atoms with Gasteiger partial charge in [0.1, 0.15) is 11.6 Å². The second kappa shape index (κ2) is 12.0. The van der Waals surface area contributed by atoms with Crippen molar-refractivity contribution in [2.24, 2.45) is 0 Å². The van der Waals surface area contributed by atoms with Crippen molar-refractivity contribution < 1.29 is 22.7 Å². The molecule has 0 aromatic heterocycles. The SMILES string of the molecule is CCN(c1ccc(C(CCc2ccc(C(C)(C)C)cc2)CNC(=O)c2ccccc2O)cc1F)S(C)(=O)=O. The molecule has 204 valence electrons. The van der Waals surface area contributed by atoms with Crippen molar-refractivity contribution in [3.8, 4) is 5.75 Å². The zero-order valence-electron chi connectivity index (χ0n) is 22.7. The summed E-state index contributed by atoms with van der Waals surface area (Å²) in [7, 11) is -3.63. The second-order valence-corrected chi connectivity index (χ2v) is 12.5. The number of halogens is 1. The summed E-state index contributed by atoms with van der Waals surface area (Å²) in [5.41, 5.74) is 3.22. The van der Waals surface area contributed by atoms with Gasteiger partial charge in [0.15, 0.2) is 0 Å². The minimum atomic E-state index is -3.63. The number of para-hydroxylation sites is 1. The van der Waals surface area contributed by atoms with Gasteiger partial charge >= 0.3 is 0 Å². The fourth-order valence-corrected chi connectivity index (χ4v) is 5.41. The monoisotopic (exact) mass is 540 g/mol. The fraction of sp³-hybridized carbons (Fsp3) is 0.367. The Morgan fingerprint density at radius 3 is 2.26 bits per heavy atom. The maximum Gasteiger partial charge on any atom is 0.255 e. The molecule has 0 aliphatic heterocycles. The molecule has 3 aromatic rings. The molecule has 0 bridgehead atoms. The van der Waals surface area contributed by atoms with Crippen molar-refractivity contribution in [3.05, 3.63) is 94.8 Å². The standard InChI is InChI=1S/C30H37FN2O4S/c1-6-33(38(5,36)37)27-18-15-22(19-26(27)31)23(20-32-29(35)25-9-7-8-10-28(25)34)14-11-21-12-16-24(17-13-21)30(2,3)4/h7-10,12-13,15-19,23,34H,6,11,14,20H2,1-5H3,(H,32,35). The Labute approximate surface area is 225 Å². The van der Waals surface area contributed by atoms with E-state index >= 15 is 4.39 Å². The van der Waals surface area contributed by atoms with Crippen LogP contribution in [0, 0.1) is 5.82 Å². The average Bonchev–Trinajstić information content (AvgIpc) is 2.84. The summed E-state index contributed by atoms with van der Waals surface area (Å²) in [6.07, 6.45) is 2.37. The van der Waals surface area contributed by atoms with E-state index in [1.165, 1.54) is 29.8 Å². The van der Waals surface area contributed by atoms with E-state index in [4.69, 9.17) is 0 Å². The van der Waals surface area contributed by atoms with Crippen LogP contribution in [0.15, 0.2) is 66.7 Å². The van der Waals surface area contributed by atoms with Crippen molar-refractivity contribution in [2.45, 2.75) is 51.9 Å². The summed E-state index contributed by atoms with van der Waals surface area (Å²) >= 11 is 0. The van der Waals surface area contributed by atoms with Crippen LogP contribution in [0.5, 0.6) is 5.75 Å². The van der Waals surface area contributed by atoms with Crippen LogP contribution in [0.2, 0.25) is 0 Å². The number of aryl methyl sites for hydroxylation is 1. The summed E-state index contributed by atoms with van der Waals surface area (Å²) in [5.74, 6) is -1.42. The van der Waals surface area contributed by atoms with Crippen molar-refractivity contribution >= 4 is 21.6 Å². The molecule has 0 aliphatic carbocycles. The first-order valence-electron chi connectivity index (χ1n) is 12.7. The molecule has 38 heavy (non-hydrogen) atoms. The number of amides is 1. The summed E-state index contributed by atoms with van der Waals surface area (Å²) in [5, 5.41) is 12.9. The van der Waals surface area contributed by atoms with Gasteiger partial charge in [-0.3, -0.25) is 9.10 Å². The number of hydrogen-bond donors (Lipinski definition) is 2. The van der Waals surface area contributed by atoms with Gasteiger partial charge in [0.05, 0.1) is 17.5 Å². The Balaban J connectivity index is 1.85. The first-order valence-corrected chi connectivity index (χ1v) is 14.6. The third-order valence-corrected chi connectivity index (χ3v) is 7.91. The Kier molecular flexibility index (Phi) is 9.20. The van der Waals surface area contributed by atoms with Crippen molar-refractivity contribution in [1.82, 2.24) is 5.32 Å². The summed E-state index contributed by atoms with van der Waals surface area (Å²) in [6, 6.07) is 19.2. The lowest BCUT2D eigenvalue weighted by Crippen LogP contribution is -2.31. The first kappa shape index (κ1) is 29.2. The minimum absolute atomic E-state index is 0.00601. The normalized spacial score (nSPS) is 12.7. The van der Waals surface area contributed by atoms with E-state index in [0.717, 1.165) is 16.1 Å². The van der Waals surface area contributed by atoms with Gasteiger partial charge in [0.2, 0.25) is 10.0 Å². The molecule has 1 atom stereocenters. The predicted octanol–water partition coefficient (Wildman–Crippen LogP) is 5.76. The molecule has 3 rings (SSSR count). The van der Waals surface area contributed by atoms with Crippen LogP contribution in [0.3, 0.4) is 0 Å². The Bertz CT molecular complexity index is 1370. The smallest absolute Gasteiger partial charge is 0.255 e. The van der Waals surface area contributed by atoms with Gasteiger partial charge in [-0.1, -0.05) is 63.2 Å². The van der Waals surface area contributed by atoms with Gasteiger partial charge in [-0.2, -0.15) is 0 Å². The summed E-state index contributed by atoms with van der Waals surface area (Å²) in [4.78, 5) is 12.7. The number of hydrogen-bond acceptors (Lipinski definition) is 4. The van der Waals surface area contributed by atoms with Gasteiger partial charge in [-0.25, -0.2) is 12.8 Å². The van der Waals surface area contributed by atoms with Crippen LogP contribution in [0.25, 0.3) is 0 Å². The highest BCUT2D eigenvalue weighted by atomic mass is 32.2. The number of benzene rings is 3. The third-order valence-electron chi connectivity index (χ3n) is 6.66. The lowest BCUT2D eigenvalue weighted by Gasteiger charge is -2.23. The lowest BCUT2D eigenvalue weighted by molar-refractivity contribution is 0.0948. The van der Waals surface area contributed by atoms with Crippen LogP contribution in [0.4, 0.5) is 10.1 Å². The maximum absolute atomic E-state index is 15.2. The molecule has 0 saturated carbocycles. The predicted molar refractivity (Wildman–Crippen MR) is 151 cm³/mol. The van der Waals surface area contributed by atoms with Gasteiger partial charge in [-0.15, -0.1) is 0 Å². The highest BCUT2D eigenvalue weighted by molar-refractivity contribution is 7.92. The summed E-state index contributed by atoms with van der Waals surface area (Å²) in [6.45, 7) is 8.46. The number of carbonyl (C=O) groups is 1. The number of aromatic hydroxyl groups is 1. The number of phenolic OH excluding ortho intramolecular Hbond substituents is 1. The number of nitrogens with one attached hydrogen (secondary N) is 1. The van der Waals surface area contributed by atoms with E-state index in [2.05, 4.69) is 50.4 Å². The van der Waals surface area contributed by atoms with E-state index in [0.29, 0.717) is 18.4 Å². The number of rotatable bonds is 10. The molecular formula is C30H37FN2O4S. The van der Waals surface area contributed by atoms with Gasteiger partial charge in [0.25, 0.3) is 5.91 Å². The van der Waals surface area contributed by atoms with E-state index < -0.39 is 21.7 Å². The number of phenols is 1. The molecule has 1 unspecified atom stereocenters. The highest BCUT2D eigenvalue weighted by Crippen LogP contribution is 2.29. The van der Waals surface area contributed by atoms with Crippen LogP contribution < -0.4 is 9.62 Å². The topological polar surface area (TPSA) is 86.7 Å². The molecule has 6 nitrogen and oxygen atoms in total. The molecule has 8 heteroatoms. The zero-order chi connectivity index (χ0) is 28.1. The molecule has 0 fully saturated rings. The third kappa shape index (κ3) is 7.34. The van der Waals surface area contributed by atoms with E-state index in [1.807, 2.05) is 0 Å². The summed E-state index contributed by atoms with van der Waals surface area (Å²) < 4.78 is 40.4. The minimum Gasteiger partial charge on any atom is -0.507 e. The molecular weight excluding hydrogens is 503 g/mol. The fourth-order valence-electron chi connectivity index (χ4n) is 4.44. The van der Waals surface area contributed by atoms with E-state index in [9.17, 15) is 18.3 Å². The second-order valence-electron chi connectivity index (χ2n) is 10.5. The van der Waals surface area contributed by atoms with Gasteiger partial charge < -0.3 is 10.4 Å². The van der Waals surface area contributed by atoms with Crippen LogP contribution in [-0.4, -0.2) is 38.8 Å². The number of sulfonamides is 1. The highest BCUT2D eigenvalue weighted by Gasteiger charge is 2.22. The molecule has 3 aromatic carbocycles. The molecule has 0 spiro atoms. The van der Waals surface area contributed by atoms with E-state index in [-0.39, 0.29) is 41.4 Å². The van der Waals surface area contributed by atoms with Gasteiger partial charge in [-0.05, 0) is 66.1 Å². The molecule has 0 aliphatic rings. The number of anilines is 1. The molecule has 0 heterocycles. The molecule has 2 N–H and O–H groups in total. The van der Waals surface area contributed by atoms with E-state index in [1.54, 1.807) is 25.1 Å². The van der Waals surface area contributed by atoms with Gasteiger partial charge in [0, 0.05) is 19.0 Å². The number of nitrogens with zero attached hydrogens (tertiary/aromatic N) is 1. The quantitative estimate of drug-likeness (QED) is 0.342. The number of carbonyl (C=O) groups excluding carboxylic acids is 1. The molecule has 0 saturated heterocycles. The first-order chi connectivity index (χ1) is 17.8. The van der Waals surface area contributed by atoms with Crippen LogP contribution >= 0.6 is 0 Å². The average molecular weight is 541 g/mol. The molecule has 1 amide bonds. The van der Waals surface area contributed by atoms with Crippen LogP contribution in [0.1, 0.15) is 67.1 Å². The largest absolute Gasteiger partial charge is 0.507 e. The molecule has 0 radical (unpaired) electrons. The van der Waals surface area contributed by atoms with Crippen molar-refractivity contribution in [2.75, 3.05) is 23.7 Å². The Morgan fingerprint density at radius 2 is 1.71 bits per heavy atom.